The minimum absolute atomic E-state index is 0.563. The summed E-state index contributed by atoms with van der Waals surface area (Å²) in [6.07, 6.45) is 0. The van der Waals surface area contributed by atoms with Crippen molar-refractivity contribution in [2.75, 3.05) is 0 Å². The topological polar surface area (TPSA) is 66.2 Å². The molecule has 1 atom stereocenters. The van der Waals surface area contributed by atoms with Gasteiger partial charge in [0.25, 0.3) is 0 Å². The van der Waals surface area contributed by atoms with Crippen LogP contribution < -0.4 is 10.8 Å². The van der Waals surface area contributed by atoms with E-state index in [0.29, 0.717) is 5.56 Å². The lowest BCUT2D eigenvalue weighted by Crippen LogP contribution is -2.34. The summed E-state index contributed by atoms with van der Waals surface area (Å²) in [7, 11) is 0. The molecular formula is C8H8NO2-. The molecule has 0 saturated heterocycles. The van der Waals surface area contributed by atoms with Crippen molar-refractivity contribution in [1.82, 2.24) is 0 Å². The molecule has 0 aromatic heterocycles. The van der Waals surface area contributed by atoms with Crippen LogP contribution >= 0.6 is 0 Å². The van der Waals surface area contributed by atoms with E-state index >= 15 is 0 Å². The lowest BCUT2D eigenvalue weighted by atomic mass is 10.1. The van der Waals surface area contributed by atoms with Crippen molar-refractivity contribution in [1.29, 1.82) is 0 Å². The Kier molecular flexibility index (Phi) is 2.23. The molecule has 0 aliphatic rings. The molecule has 0 aliphatic heterocycles. The quantitative estimate of drug-likeness (QED) is 0.614. The zero-order chi connectivity index (χ0) is 8.27. The molecule has 0 heterocycles. The maximum atomic E-state index is 10.3. The Hall–Kier alpha value is -1.35. The SMILES string of the molecule is NC(C(=O)[O-])c1ccccc1. The van der Waals surface area contributed by atoms with E-state index in [0.717, 1.165) is 0 Å². The number of aliphatic carboxylic acids is 1. The van der Waals surface area contributed by atoms with Crippen LogP contribution in [0.4, 0.5) is 0 Å². The number of carboxylic acids is 1. The molecule has 0 saturated carbocycles. The lowest BCUT2D eigenvalue weighted by Gasteiger charge is -2.11. The summed E-state index contributed by atoms with van der Waals surface area (Å²) in [5.41, 5.74) is 5.84. The second-order valence-electron chi connectivity index (χ2n) is 2.21. The first-order valence-corrected chi connectivity index (χ1v) is 3.23. The molecule has 1 rings (SSSR count). The van der Waals surface area contributed by atoms with Crippen LogP contribution in [0.2, 0.25) is 0 Å². The minimum Gasteiger partial charge on any atom is -0.548 e. The predicted molar refractivity (Wildman–Crippen MR) is 38.4 cm³/mol. The molecule has 0 aliphatic carbocycles. The Morgan fingerprint density at radius 3 is 2.36 bits per heavy atom. The molecule has 0 spiro atoms. The molecule has 0 radical (unpaired) electrons. The summed E-state index contributed by atoms with van der Waals surface area (Å²) in [4.78, 5) is 10.3. The summed E-state index contributed by atoms with van der Waals surface area (Å²) >= 11 is 0. The first-order valence-electron chi connectivity index (χ1n) is 3.23. The number of carbonyl (C=O) groups is 1. The lowest BCUT2D eigenvalue weighted by molar-refractivity contribution is -0.307. The van der Waals surface area contributed by atoms with Crippen molar-refractivity contribution in [2.45, 2.75) is 6.04 Å². The Labute approximate surface area is 64.5 Å². The fourth-order valence-corrected chi connectivity index (χ4v) is 0.796. The fourth-order valence-electron chi connectivity index (χ4n) is 0.796. The van der Waals surface area contributed by atoms with Gasteiger partial charge in [-0.15, -0.1) is 0 Å². The van der Waals surface area contributed by atoms with E-state index in [2.05, 4.69) is 0 Å². The van der Waals surface area contributed by atoms with Crippen LogP contribution in [0.5, 0.6) is 0 Å². The molecule has 0 bridgehead atoms. The van der Waals surface area contributed by atoms with E-state index in [9.17, 15) is 9.90 Å². The standard InChI is InChI=1S/C8H9NO2/c9-7(8(10)11)6-4-2-1-3-5-6/h1-5,7H,9H2,(H,10,11)/p-1. The smallest absolute Gasteiger partial charge is 0.0699 e. The number of benzene rings is 1. The van der Waals surface area contributed by atoms with Gasteiger partial charge in [0.15, 0.2) is 0 Å². The van der Waals surface area contributed by atoms with Gasteiger partial charge in [-0.3, -0.25) is 0 Å². The van der Waals surface area contributed by atoms with Crippen molar-refractivity contribution in [3.05, 3.63) is 35.9 Å². The summed E-state index contributed by atoms with van der Waals surface area (Å²) in [5, 5.41) is 10.3. The highest BCUT2D eigenvalue weighted by molar-refractivity contribution is 5.72. The van der Waals surface area contributed by atoms with Crippen LogP contribution in [0.3, 0.4) is 0 Å². The van der Waals surface area contributed by atoms with Crippen LogP contribution in [0.1, 0.15) is 11.6 Å². The highest BCUT2D eigenvalue weighted by Gasteiger charge is 2.03. The molecule has 1 aromatic carbocycles. The van der Waals surface area contributed by atoms with E-state index < -0.39 is 12.0 Å². The highest BCUT2D eigenvalue weighted by atomic mass is 16.4. The largest absolute Gasteiger partial charge is 0.548 e. The van der Waals surface area contributed by atoms with Crippen LogP contribution in [0, 0.1) is 0 Å². The van der Waals surface area contributed by atoms with E-state index in [1.165, 1.54) is 0 Å². The molecule has 1 aromatic rings. The van der Waals surface area contributed by atoms with Gasteiger partial charge in [-0.25, -0.2) is 0 Å². The number of hydrogen-bond acceptors (Lipinski definition) is 3. The van der Waals surface area contributed by atoms with Crippen LogP contribution in [-0.4, -0.2) is 5.97 Å². The summed E-state index contributed by atoms with van der Waals surface area (Å²) in [5.74, 6) is -1.25. The van der Waals surface area contributed by atoms with Gasteiger partial charge in [0.2, 0.25) is 0 Å². The monoisotopic (exact) mass is 150 g/mol. The van der Waals surface area contributed by atoms with Gasteiger partial charge in [0, 0.05) is 0 Å². The molecule has 0 fully saturated rings. The third kappa shape index (κ3) is 1.78. The molecule has 3 heteroatoms. The Bertz CT molecular complexity index is 246. The minimum atomic E-state index is -1.25. The van der Waals surface area contributed by atoms with Gasteiger partial charge < -0.3 is 15.6 Å². The first kappa shape index (κ1) is 7.75. The van der Waals surface area contributed by atoms with Gasteiger partial charge in [-0.1, -0.05) is 30.3 Å². The molecule has 1 unspecified atom stereocenters. The summed E-state index contributed by atoms with van der Waals surface area (Å²) in [6, 6.07) is 7.55. The summed E-state index contributed by atoms with van der Waals surface area (Å²) < 4.78 is 0. The third-order valence-corrected chi connectivity index (χ3v) is 1.41. The van der Waals surface area contributed by atoms with E-state index in [-0.39, 0.29) is 0 Å². The molecule has 11 heavy (non-hydrogen) atoms. The van der Waals surface area contributed by atoms with Gasteiger partial charge in [-0.2, -0.15) is 0 Å². The van der Waals surface area contributed by atoms with Gasteiger partial charge >= 0.3 is 0 Å². The van der Waals surface area contributed by atoms with E-state index in [1.807, 2.05) is 0 Å². The zero-order valence-electron chi connectivity index (χ0n) is 5.86. The maximum absolute atomic E-state index is 10.3. The van der Waals surface area contributed by atoms with Crippen LogP contribution in [-0.2, 0) is 4.79 Å². The molecule has 0 amide bonds. The number of carbonyl (C=O) groups excluding carboxylic acids is 1. The normalized spacial score (nSPS) is 12.5. The number of rotatable bonds is 2. The van der Waals surface area contributed by atoms with Crippen molar-refractivity contribution >= 4 is 5.97 Å². The average Bonchev–Trinajstić information content (AvgIpc) is 2.05. The summed E-state index contributed by atoms with van der Waals surface area (Å²) in [6.45, 7) is 0. The van der Waals surface area contributed by atoms with Gasteiger partial charge in [0.05, 0.1) is 12.0 Å². The molecule has 2 N–H and O–H groups in total. The number of nitrogens with two attached hydrogens (primary N) is 1. The number of carboxylic acid groups (broad SMARTS) is 1. The second-order valence-corrected chi connectivity index (χ2v) is 2.21. The van der Waals surface area contributed by atoms with Crippen molar-refractivity contribution in [3.63, 3.8) is 0 Å². The van der Waals surface area contributed by atoms with Crippen molar-refractivity contribution in [2.24, 2.45) is 5.73 Å². The van der Waals surface area contributed by atoms with Gasteiger partial charge in [-0.05, 0) is 5.56 Å². The Morgan fingerprint density at radius 1 is 1.36 bits per heavy atom. The third-order valence-electron chi connectivity index (χ3n) is 1.41. The van der Waals surface area contributed by atoms with E-state index in [1.54, 1.807) is 30.3 Å². The molecule has 3 nitrogen and oxygen atoms in total. The Balaban J connectivity index is 2.85. The number of hydrogen-bond donors (Lipinski definition) is 1. The maximum Gasteiger partial charge on any atom is 0.0699 e. The molecule has 58 valence electrons. The Morgan fingerprint density at radius 2 is 1.91 bits per heavy atom. The fraction of sp³-hybridized carbons (Fsp3) is 0.125. The first-order chi connectivity index (χ1) is 5.22. The van der Waals surface area contributed by atoms with Crippen molar-refractivity contribution < 1.29 is 9.90 Å². The van der Waals surface area contributed by atoms with Crippen LogP contribution in [0.15, 0.2) is 30.3 Å². The highest BCUT2D eigenvalue weighted by Crippen LogP contribution is 2.07. The zero-order valence-corrected chi connectivity index (χ0v) is 5.86. The second kappa shape index (κ2) is 3.16. The predicted octanol–water partition coefficient (Wildman–Crippen LogP) is -0.564. The average molecular weight is 150 g/mol. The van der Waals surface area contributed by atoms with Crippen LogP contribution in [0.25, 0.3) is 0 Å². The van der Waals surface area contributed by atoms with Crippen molar-refractivity contribution in [3.8, 4) is 0 Å². The van der Waals surface area contributed by atoms with E-state index in [4.69, 9.17) is 5.73 Å². The molecular weight excluding hydrogens is 142 g/mol. The van der Waals surface area contributed by atoms with Gasteiger partial charge in [0.1, 0.15) is 0 Å².